The van der Waals surface area contributed by atoms with Crippen molar-refractivity contribution in [3.63, 3.8) is 0 Å². The maximum atomic E-state index is 12.1. The minimum Gasteiger partial charge on any atom is -0.345 e. The highest BCUT2D eigenvalue weighted by molar-refractivity contribution is 7.89. The first kappa shape index (κ1) is 15.3. The Morgan fingerprint density at radius 2 is 2.15 bits per heavy atom. The van der Waals surface area contributed by atoms with Gasteiger partial charge in [0, 0.05) is 31.6 Å². The summed E-state index contributed by atoms with van der Waals surface area (Å²) in [7, 11) is -1.87. The molecule has 0 spiro atoms. The van der Waals surface area contributed by atoms with Crippen LogP contribution in [0, 0.1) is 12.8 Å². The molecule has 7 heteroatoms. The zero-order chi connectivity index (χ0) is 14.9. The fourth-order valence-electron chi connectivity index (χ4n) is 2.14. The van der Waals surface area contributed by atoms with Crippen molar-refractivity contribution < 1.29 is 13.2 Å². The molecule has 0 bridgehead atoms. The predicted octanol–water partition coefficient (Wildman–Crippen LogP) is 1.41. The van der Waals surface area contributed by atoms with Gasteiger partial charge in [0.15, 0.2) is 0 Å². The standard InChI is InChI=1S/C13H17ClN2O3S/c1-9-3-4-11(6-12(9)14)20(18,19)15-7-10-5-13(17)16(2)8-10/h3-4,6,10,15H,5,7-8H2,1-2H3. The minimum absolute atomic E-state index is 0.0168. The number of carbonyl (C=O) groups excluding carboxylic acids is 1. The molecule has 2 rings (SSSR count). The van der Waals surface area contributed by atoms with E-state index in [1.807, 2.05) is 6.92 Å². The molecule has 1 N–H and O–H groups in total. The van der Waals surface area contributed by atoms with Crippen molar-refractivity contribution in [3.8, 4) is 0 Å². The van der Waals surface area contributed by atoms with E-state index in [1.54, 1.807) is 18.0 Å². The van der Waals surface area contributed by atoms with E-state index in [1.165, 1.54) is 12.1 Å². The van der Waals surface area contributed by atoms with Crippen LogP contribution in [0.15, 0.2) is 23.1 Å². The van der Waals surface area contributed by atoms with Crippen molar-refractivity contribution in [2.24, 2.45) is 5.92 Å². The quantitative estimate of drug-likeness (QED) is 0.913. The van der Waals surface area contributed by atoms with E-state index in [9.17, 15) is 13.2 Å². The predicted molar refractivity (Wildman–Crippen MR) is 77.1 cm³/mol. The van der Waals surface area contributed by atoms with Crippen molar-refractivity contribution in [1.29, 1.82) is 0 Å². The highest BCUT2D eigenvalue weighted by Crippen LogP contribution is 2.21. The van der Waals surface area contributed by atoms with Crippen molar-refractivity contribution >= 4 is 27.5 Å². The van der Waals surface area contributed by atoms with Gasteiger partial charge in [-0.1, -0.05) is 17.7 Å². The first-order valence-corrected chi connectivity index (χ1v) is 8.15. The second-order valence-electron chi connectivity index (χ2n) is 5.11. The topological polar surface area (TPSA) is 66.5 Å². The van der Waals surface area contributed by atoms with Gasteiger partial charge in [-0.2, -0.15) is 0 Å². The normalized spacial score (nSPS) is 19.6. The van der Waals surface area contributed by atoms with Crippen LogP contribution in [-0.2, 0) is 14.8 Å². The molecule has 1 aliphatic rings. The van der Waals surface area contributed by atoms with Crippen molar-refractivity contribution in [2.75, 3.05) is 20.1 Å². The monoisotopic (exact) mass is 316 g/mol. The lowest BCUT2D eigenvalue weighted by atomic mass is 10.1. The molecule has 1 aliphatic heterocycles. The third-order valence-electron chi connectivity index (χ3n) is 3.44. The van der Waals surface area contributed by atoms with Crippen LogP contribution in [0.5, 0.6) is 0 Å². The van der Waals surface area contributed by atoms with Gasteiger partial charge in [-0.15, -0.1) is 0 Å². The van der Waals surface area contributed by atoms with E-state index in [0.29, 0.717) is 18.0 Å². The van der Waals surface area contributed by atoms with E-state index in [0.717, 1.165) is 5.56 Å². The number of nitrogens with one attached hydrogen (secondary N) is 1. The van der Waals surface area contributed by atoms with E-state index < -0.39 is 10.0 Å². The van der Waals surface area contributed by atoms with Gasteiger partial charge in [0.2, 0.25) is 15.9 Å². The number of halogens is 1. The summed E-state index contributed by atoms with van der Waals surface area (Å²) in [6.07, 6.45) is 0.383. The summed E-state index contributed by atoms with van der Waals surface area (Å²) in [5.41, 5.74) is 0.827. The fourth-order valence-corrected chi connectivity index (χ4v) is 3.53. The minimum atomic E-state index is -3.59. The summed E-state index contributed by atoms with van der Waals surface area (Å²) in [5, 5.41) is 0.420. The Hall–Kier alpha value is -1.11. The van der Waals surface area contributed by atoms with Gasteiger partial charge in [0.05, 0.1) is 4.90 Å². The number of amides is 1. The Balaban J connectivity index is 2.04. The first-order chi connectivity index (χ1) is 9.29. The van der Waals surface area contributed by atoms with Crippen LogP contribution in [0.2, 0.25) is 5.02 Å². The van der Waals surface area contributed by atoms with Crippen LogP contribution in [0.1, 0.15) is 12.0 Å². The Morgan fingerprint density at radius 3 is 2.70 bits per heavy atom. The van der Waals surface area contributed by atoms with Crippen LogP contribution in [0.4, 0.5) is 0 Å². The Bertz CT molecular complexity index is 631. The first-order valence-electron chi connectivity index (χ1n) is 6.29. The highest BCUT2D eigenvalue weighted by atomic mass is 35.5. The molecule has 1 saturated heterocycles. The molecule has 1 unspecified atom stereocenters. The molecule has 5 nitrogen and oxygen atoms in total. The summed E-state index contributed by atoms with van der Waals surface area (Å²) in [6, 6.07) is 4.63. The molecule has 110 valence electrons. The second kappa shape index (κ2) is 5.71. The molecule has 1 aromatic carbocycles. The summed E-state index contributed by atoms with van der Waals surface area (Å²) in [4.78, 5) is 13.1. The SMILES string of the molecule is Cc1ccc(S(=O)(=O)NCC2CC(=O)N(C)C2)cc1Cl. The number of nitrogens with zero attached hydrogens (tertiary/aromatic N) is 1. The zero-order valence-electron chi connectivity index (χ0n) is 11.4. The lowest BCUT2D eigenvalue weighted by Crippen LogP contribution is -2.30. The fraction of sp³-hybridized carbons (Fsp3) is 0.462. The number of benzene rings is 1. The summed E-state index contributed by atoms with van der Waals surface area (Å²) >= 11 is 5.94. The smallest absolute Gasteiger partial charge is 0.240 e. The average molecular weight is 317 g/mol. The van der Waals surface area contributed by atoms with E-state index in [4.69, 9.17) is 11.6 Å². The highest BCUT2D eigenvalue weighted by Gasteiger charge is 2.28. The molecule has 1 heterocycles. The molecule has 1 atom stereocenters. The molecule has 1 fully saturated rings. The van der Waals surface area contributed by atoms with E-state index >= 15 is 0 Å². The molecule has 1 aromatic rings. The van der Waals surface area contributed by atoms with Crippen LogP contribution in [0.3, 0.4) is 0 Å². The number of aryl methyl sites for hydroxylation is 1. The van der Waals surface area contributed by atoms with E-state index in [2.05, 4.69) is 4.72 Å². The summed E-state index contributed by atoms with van der Waals surface area (Å²) in [5.74, 6) is 0.0655. The Kier molecular flexibility index (Phi) is 4.36. The van der Waals surface area contributed by atoms with Gasteiger partial charge in [-0.25, -0.2) is 13.1 Å². The Labute approximate surface area is 124 Å². The number of likely N-dealkylation sites (tertiary alicyclic amines) is 1. The molecule has 0 saturated carbocycles. The van der Waals surface area contributed by atoms with Crippen LogP contribution >= 0.6 is 11.6 Å². The zero-order valence-corrected chi connectivity index (χ0v) is 13.0. The van der Waals surface area contributed by atoms with Gasteiger partial charge in [0.25, 0.3) is 0 Å². The maximum absolute atomic E-state index is 12.1. The molecule has 0 aliphatic carbocycles. The van der Waals surface area contributed by atoms with Crippen molar-refractivity contribution in [1.82, 2.24) is 9.62 Å². The van der Waals surface area contributed by atoms with Crippen LogP contribution < -0.4 is 4.72 Å². The second-order valence-corrected chi connectivity index (χ2v) is 7.28. The third kappa shape index (κ3) is 3.31. The summed E-state index contributed by atoms with van der Waals surface area (Å²) in [6.45, 7) is 2.64. The number of carbonyl (C=O) groups is 1. The number of rotatable bonds is 4. The van der Waals surface area contributed by atoms with Gasteiger partial charge >= 0.3 is 0 Å². The lowest BCUT2D eigenvalue weighted by Gasteiger charge is -2.12. The van der Waals surface area contributed by atoms with Crippen LogP contribution in [-0.4, -0.2) is 39.4 Å². The third-order valence-corrected chi connectivity index (χ3v) is 5.27. The molecular weight excluding hydrogens is 300 g/mol. The summed E-state index contributed by atoms with van der Waals surface area (Å²) < 4.78 is 26.8. The Morgan fingerprint density at radius 1 is 1.45 bits per heavy atom. The van der Waals surface area contributed by atoms with Gasteiger partial charge < -0.3 is 4.90 Å². The van der Waals surface area contributed by atoms with Crippen LogP contribution in [0.25, 0.3) is 0 Å². The number of hydrogen-bond donors (Lipinski definition) is 1. The van der Waals surface area contributed by atoms with Gasteiger partial charge in [-0.05, 0) is 30.5 Å². The number of hydrogen-bond acceptors (Lipinski definition) is 3. The molecule has 0 aromatic heterocycles. The molecular formula is C13H17ClN2O3S. The largest absolute Gasteiger partial charge is 0.345 e. The van der Waals surface area contributed by atoms with E-state index in [-0.39, 0.29) is 23.3 Å². The van der Waals surface area contributed by atoms with Gasteiger partial charge in [0.1, 0.15) is 0 Å². The lowest BCUT2D eigenvalue weighted by molar-refractivity contribution is -0.126. The maximum Gasteiger partial charge on any atom is 0.240 e. The average Bonchev–Trinajstić information content (AvgIpc) is 2.70. The van der Waals surface area contributed by atoms with Crippen molar-refractivity contribution in [3.05, 3.63) is 28.8 Å². The van der Waals surface area contributed by atoms with Gasteiger partial charge in [-0.3, -0.25) is 4.79 Å². The van der Waals surface area contributed by atoms with Crippen molar-refractivity contribution in [2.45, 2.75) is 18.2 Å². The molecule has 1 amide bonds. The molecule has 20 heavy (non-hydrogen) atoms. The molecule has 0 radical (unpaired) electrons. The number of sulfonamides is 1.